The smallest absolute Gasteiger partial charge is 0.270 e. The standard InChI is InChI=1S/C17H15FN2O5S/c1-13-8-9-14(20(21)22)12-17(13)26(23,24)19-10-4-5-11-25-16-7-3-2-6-15(16)18/h2-3,6-9,12,19H,10-11H2,1H3. The molecule has 0 aromatic heterocycles. The minimum atomic E-state index is -3.95. The van der Waals surface area contributed by atoms with Crippen LogP contribution in [0.5, 0.6) is 5.75 Å². The molecule has 0 amide bonds. The van der Waals surface area contributed by atoms with Gasteiger partial charge in [-0.25, -0.2) is 12.8 Å². The van der Waals surface area contributed by atoms with Crippen LogP contribution in [0.1, 0.15) is 5.56 Å². The van der Waals surface area contributed by atoms with Crippen molar-refractivity contribution in [1.82, 2.24) is 4.72 Å². The number of sulfonamides is 1. The number of aryl methyl sites for hydroxylation is 1. The zero-order valence-electron chi connectivity index (χ0n) is 13.7. The summed E-state index contributed by atoms with van der Waals surface area (Å²) < 4.78 is 45.2. The molecule has 0 heterocycles. The molecule has 0 unspecified atom stereocenters. The highest BCUT2D eigenvalue weighted by Crippen LogP contribution is 2.21. The molecule has 0 aliphatic heterocycles. The summed E-state index contributed by atoms with van der Waals surface area (Å²) in [7, 11) is -3.95. The number of nitro benzene ring substituents is 1. The number of nitro groups is 1. The van der Waals surface area contributed by atoms with E-state index in [4.69, 9.17) is 4.74 Å². The lowest BCUT2D eigenvalue weighted by atomic mass is 10.2. The highest BCUT2D eigenvalue weighted by molar-refractivity contribution is 7.89. The van der Waals surface area contributed by atoms with Gasteiger partial charge in [0, 0.05) is 12.1 Å². The summed E-state index contributed by atoms with van der Waals surface area (Å²) in [6.45, 7) is 1.20. The van der Waals surface area contributed by atoms with Crippen LogP contribution in [0.15, 0.2) is 47.4 Å². The quantitative estimate of drug-likeness (QED) is 0.473. The van der Waals surface area contributed by atoms with E-state index in [1.807, 2.05) is 0 Å². The molecule has 2 aromatic rings. The minimum Gasteiger partial charge on any atom is -0.478 e. The molecule has 0 fully saturated rings. The van der Waals surface area contributed by atoms with E-state index in [9.17, 15) is 22.9 Å². The second kappa shape index (κ2) is 8.42. The van der Waals surface area contributed by atoms with Crippen molar-refractivity contribution in [3.63, 3.8) is 0 Å². The lowest BCUT2D eigenvalue weighted by Gasteiger charge is -2.07. The maximum absolute atomic E-state index is 13.3. The van der Waals surface area contributed by atoms with E-state index in [0.717, 1.165) is 6.07 Å². The molecule has 0 atom stereocenters. The van der Waals surface area contributed by atoms with Gasteiger partial charge in [-0.05, 0) is 24.6 Å². The summed E-state index contributed by atoms with van der Waals surface area (Å²) in [6, 6.07) is 9.42. The maximum Gasteiger partial charge on any atom is 0.270 e. The highest BCUT2D eigenvalue weighted by Gasteiger charge is 2.19. The summed E-state index contributed by atoms with van der Waals surface area (Å²) >= 11 is 0. The van der Waals surface area contributed by atoms with Crippen molar-refractivity contribution in [2.24, 2.45) is 0 Å². The zero-order chi connectivity index (χ0) is 19.2. The van der Waals surface area contributed by atoms with Crippen LogP contribution in [0.4, 0.5) is 10.1 Å². The topological polar surface area (TPSA) is 98.5 Å². The van der Waals surface area contributed by atoms with Gasteiger partial charge in [0.15, 0.2) is 11.6 Å². The molecule has 0 saturated heterocycles. The van der Waals surface area contributed by atoms with Crippen molar-refractivity contribution >= 4 is 15.7 Å². The normalized spacial score (nSPS) is 10.7. The van der Waals surface area contributed by atoms with E-state index in [0.29, 0.717) is 5.56 Å². The van der Waals surface area contributed by atoms with Gasteiger partial charge in [0.1, 0.15) is 6.61 Å². The molecule has 2 rings (SSSR count). The van der Waals surface area contributed by atoms with Crippen molar-refractivity contribution in [1.29, 1.82) is 0 Å². The number of nitrogens with zero attached hydrogens (tertiary/aromatic N) is 1. The molecule has 1 N–H and O–H groups in total. The van der Waals surface area contributed by atoms with Crippen molar-refractivity contribution in [2.45, 2.75) is 11.8 Å². The maximum atomic E-state index is 13.3. The van der Waals surface area contributed by atoms with Crippen LogP contribution < -0.4 is 9.46 Å². The van der Waals surface area contributed by atoms with E-state index in [1.54, 1.807) is 6.07 Å². The van der Waals surface area contributed by atoms with Crippen molar-refractivity contribution < 1.29 is 22.5 Å². The number of rotatable bonds is 6. The van der Waals surface area contributed by atoms with Gasteiger partial charge in [0.2, 0.25) is 10.0 Å². The van der Waals surface area contributed by atoms with Gasteiger partial charge in [0.05, 0.1) is 16.4 Å². The third kappa shape index (κ3) is 5.02. The van der Waals surface area contributed by atoms with Crippen molar-refractivity contribution in [3.05, 3.63) is 64.0 Å². The second-order valence-corrected chi connectivity index (χ2v) is 6.84. The van der Waals surface area contributed by atoms with Gasteiger partial charge in [-0.3, -0.25) is 10.1 Å². The van der Waals surface area contributed by atoms with E-state index in [-0.39, 0.29) is 29.5 Å². The first kappa shape index (κ1) is 19.4. The third-order valence-electron chi connectivity index (χ3n) is 3.28. The number of hydrogen-bond acceptors (Lipinski definition) is 5. The first-order valence-corrected chi connectivity index (χ1v) is 8.87. The number of halogens is 1. The van der Waals surface area contributed by atoms with Gasteiger partial charge < -0.3 is 4.74 Å². The lowest BCUT2D eigenvalue weighted by Crippen LogP contribution is -2.25. The monoisotopic (exact) mass is 378 g/mol. The fourth-order valence-corrected chi connectivity index (χ4v) is 3.18. The Balaban J connectivity index is 1.96. The van der Waals surface area contributed by atoms with E-state index in [2.05, 4.69) is 16.6 Å². The SMILES string of the molecule is Cc1ccc([N+](=O)[O-])cc1S(=O)(=O)NCC#CCOc1ccccc1F. The Morgan fingerprint density at radius 1 is 1.23 bits per heavy atom. The Morgan fingerprint density at radius 3 is 2.65 bits per heavy atom. The Hall–Kier alpha value is -2.96. The molecule has 0 aliphatic rings. The van der Waals surface area contributed by atoms with Crippen molar-refractivity contribution in [3.8, 4) is 17.6 Å². The number of benzene rings is 2. The number of hydrogen-bond donors (Lipinski definition) is 1. The number of ether oxygens (including phenoxy) is 1. The van der Waals surface area contributed by atoms with E-state index < -0.39 is 20.8 Å². The van der Waals surface area contributed by atoms with E-state index in [1.165, 1.54) is 37.3 Å². The zero-order valence-corrected chi connectivity index (χ0v) is 14.5. The molecule has 0 bridgehead atoms. The third-order valence-corrected chi connectivity index (χ3v) is 4.83. The first-order valence-electron chi connectivity index (χ1n) is 7.39. The van der Waals surface area contributed by atoms with Crippen molar-refractivity contribution in [2.75, 3.05) is 13.2 Å². The average molecular weight is 378 g/mol. The summed E-state index contributed by atoms with van der Waals surface area (Å²) in [5.74, 6) is 4.62. The molecule has 0 saturated carbocycles. The molecule has 9 heteroatoms. The number of nitrogens with one attached hydrogen (secondary N) is 1. The molecule has 26 heavy (non-hydrogen) atoms. The molecular weight excluding hydrogens is 363 g/mol. The van der Waals surface area contributed by atoms with Crippen LogP contribution >= 0.6 is 0 Å². The van der Waals surface area contributed by atoms with Crippen LogP contribution in [-0.4, -0.2) is 26.5 Å². The largest absolute Gasteiger partial charge is 0.478 e. The number of para-hydroxylation sites is 1. The van der Waals surface area contributed by atoms with Gasteiger partial charge in [0.25, 0.3) is 5.69 Å². The first-order chi connectivity index (χ1) is 12.3. The van der Waals surface area contributed by atoms with Gasteiger partial charge in [-0.15, -0.1) is 0 Å². The molecule has 136 valence electrons. The molecule has 0 radical (unpaired) electrons. The average Bonchev–Trinajstić information content (AvgIpc) is 2.59. The summed E-state index contributed by atoms with van der Waals surface area (Å²) in [6.07, 6.45) is 0. The fraction of sp³-hybridized carbons (Fsp3) is 0.176. The van der Waals surface area contributed by atoms with Crippen LogP contribution in [0.2, 0.25) is 0 Å². The van der Waals surface area contributed by atoms with Gasteiger partial charge in [-0.2, -0.15) is 4.72 Å². The van der Waals surface area contributed by atoms with Crippen LogP contribution in [0.3, 0.4) is 0 Å². The van der Waals surface area contributed by atoms with Crippen LogP contribution in [-0.2, 0) is 10.0 Å². The van der Waals surface area contributed by atoms with Crippen LogP contribution in [0.25, 0.3) is 0 Å². The molecule has 0 aliphatic carbocycles. The molecule has 0 spiro atoms. The Labute approximate surface area is 150 Å². The number of non-ortho nitro benzene ring substituents is 1. The highest BCUT2D eigenvalue weighted by atomic mass is 32.2. The predicted molar refractivity (Wildman–Crippen MR) is 92.7 cm³/mol. The Bertz CT molecular complexity index is 980. The van der Waals surface area contributed by atoms with Gasteiger partial charge >= 0.3 is 0 Å². The summed E-state index contributed by atoms with van der Waals surface area (Å²) in [5, 5.41) is 10.8. The predicted octanol–water partition coefficient (Wildman–Crippen LogP) is 2.40. The van der Waals surface area contributed by atoms with Crippen LogP contribution in [0, 0.1) is 34.7 Å². The van der Waals surface area contributed by atoms with Gasteiger partial charge in [-0.1, -0.05) is 30.0 Å². The minimum absolute atomic E-state index is 0.0506. The Morgan fingerprint density at radius 2 is 1.96 bits per heavy atom. The van der Waals surface area contributed by atoms with E-state index >= 15 is 0 Å². The fourth-order valence-electron chi connectivity index (χ4n) is 1.99. The molecule has 7 nitrogen and oxygen atoms in total. The molecule has 2 aromatic carbocycles. The second-order valence-electron chi connectivity index (χ2n) is 5.10. The lowest BCUT2D eigenvalue weighted by molar-refractivity contribution is -0.385. The Kier molecular flexibility index (Phi) is 6.27. The molecular formula is C17H15FN2O5S. The summed E-state index contributed by atoms with van der Waals surface area (Å²) in [5.41, 5.74) is 0.0549. The summed E-state index contributed by atoms with van der Waals surface area (Å²) in [4.78, 5) is 9.94.